The first-order chi connectivity index (χ1) is 16.9. The van der Waals surface area contributed by atoms with Gasteiger partial charge < -0.3 is 19.2 Å². The Kier molecular flexibility index (Phi) is 11.9. The van der Waals surface area contributed by atoms with Crippen molar-refractivity contribution >= 4 is 20.2 Å². The maximum absolute atomic E-state index is 12.6. The number of carboxylic acid groups (broad SMARTS) is 1. The highest BCUT2D eigenvalue weighted by Crippen LogP contribution is 2.38. The summed E-state index contributed by atoms with van der Waals surface area (Å²) in [6.45, 7) is 12.7. The van der Waals surface area contributed by atoms with Crippen molar-refractivity contribution in [2.75, 3.05) is 13.7 Å². The average molecular weight is 518 g/mol. The largest absolute Gasteiger partial charge is 0.481 e. The minimum Gasteiger partial charge on any atom is -0.481 e. The molecular weight excluding hydrogens is 470 g/mol. The van der Waals surface area contributed by atoms with Crippen LogP contribution in [0, 0.1) is 0 Å². The minimum absolute atomic E-state index is 0.0581. The zero-order valence-electron chi connectivity index (χ0n) is 23.2. The third kappa shape index (κ3) is 9.83. The van der Waals surface area contributed by atoms with Crippen molar-refractivity contribution in [3.8, 4) is 0 Å². The monoisotopic (exact) mass is 517 g/mol. The van der Waals surface area contributed by atoms with Gasteiger partial charge in [-0.05, 0) is 48.5 Å². The molecule has 2 atom stereocenters. The molecular formula is C29H47NO5Si. The zero-order chi connectivity index (χ0) is 26.8. The van der Waals surface area contributed by atoms with Crippen molar-refractivity contribution in [1.82, 2.24) is 4.90 Å². The summed E-state index contributed by atoms with van der Waals surface area (Å²) in [5.41, 5.74) is 2.37. The van der Waals surface area contributed by atoms with Crippen LogP contribution < -0.4 is 0 Å². The number of hydrogen-bond donors (Lipinski definition) is 1. The van der Waals surface area contributed by atoms with E-state index in [2.05, 4.69) is 70.3 Å². The lowest BCUT2D eigenvalue weighted by Gasteiger charge is -2.39. The summed E-state index contributed by atoms with van der Waals surface area (Å²) in [4.78, 5) is 25.2. The Labute approximate surface area is 219 Å². The lowest BCUT2D eigenvalue weighted by molar-refractivity contribution is -0.137. The summed E-state index contributed by atoms with van der Waals surface area (Å²) < 4.78 is 12.2. The molecule has 2 rings (SSSR count). The molecule has 6 nitrogen and oxygen atoms in total. The number of aliphatic carboxylic acids is 1. The van der Waals surface area contributed by atoms with Crippen LogP contribution >= 0.6 is 0 Å². The van der Waals surface area contributed by atoms with Gasteiger partial charge in [0.15, 0.2) is 8.32 Å². The van der Waals surface area contributed by atoms with Crippen LogP contribution in [0.1, 0.15) is 76.8 Å². The molecule has 1 N–H and O–H groups in total. The summed E-state index contributed by atoms with van der Waals surface area (Å²) in [6, 6.07) is 8.59. The average Bonchev–Trinajstić information content (AvgIpc) is 3.13. The SMILES string of the molecule is COCc1cccc(C[C@@H](C=C[C@H]2CCC(=O)N2CCCCCCC(=O)O)O[Si](C)(C)C(C)(C)C)c1. The van der Waals surface area contributed by atoms with Gasteiger partial charge in [-0.25, -0.2) is 0 Å². The van der Waals surface area contributed by atoms with Crippen molar-refractivity contribution in [1.29, 1.82) is 0 Å². The highest BCUT2D eigenvalue weighted by Gasteiger charge is 2.39. The van der Waals surface area contributed by atoms with E-state index in [0.29, 0.717) is 19.4 Å². The second kappa shape index (κ2) is 14.1. The van der Waals surface area contributed by atoms with Crippen molar-refractivity contribution in [3.63, 3.8) is 0 Å². The second-order valence-electron chi connectivity index (χ2n) is 11.5. The predicted molar refractivity (Wildman–Crippen MR) is 148 cm³/mol. The summed E-state index contributed by atoms with van der Waals surface area (Å²) in [5.74, 6) is -0.529. The molecule has 0 aromatic heterocycles. The molecule has 202 valence electrons. The summed E-state index contributed by atoms with van der Waals surface area (Å²) in [7, 11) is -0.286. The van der Waals surface area contributed by atoms with E-state index >= 15 is 0 Å². The van der Waals surface area contributed by atoms with Gasteiger partial charge in [0.2, 0.25) is 5.91 Å². The fraction of sp³-hybridized carbons (Fsp3) is 0.655. The van der Waals surface area contributed by atoms with E-state index in [-0.39, 0.29) is 29.5 Å². The molecule has 0 aliphatic carbocycles. The quantitative estimate of drug-likeness (QED) is 0.167. The normalized spacial score (nSPS) is 17.8. The van der Waals surface area contributed by atoms with Crippen molar-refractivity contribution < 1.29 is 23.9 Å². The Morgan fingerprint density at radius 1 is 1.19 bits per heavy atom. The van der Waals surface area contributed by atoms with Gasteiger partial charge in [-0.1, -0.05) is 70.0 Å². The van der Waals surface area contributed by atoms with Gasteiger partial charge in [0, 0.05) is 32.9 Å². The predicted octanol–water partition coefficient (Wildman–Crippen LogP) is 6.35. The molecule has 1 aromatic rings. The molecule has 1 heterocycles. The third-order valence-corrected chi connectivity index (χ3v) is 12.0. The van der Waals surface area contributed by atoms with Crippen LogP contribution in [0.15, 0.2) is 36.4 Å². The number of likely N-dealkylation sites (tertiary alicyclic amines) is 1. The molecule has 36 heavy (non-hydrogen) atoms. The number of ether oxygens (including phenoxy) is 1. The number of carbonyl (C=O) groups excluding carboxylic acids is 1. The van der Waals surface area contributed by atoms with E-state index in [1.165, 1.54) is 5.56 Å². The summed E-state index contributed by atoms with van der Waals surface area (Å²) >= 11 is 0. The van der Waals surface area contributed by atoms with Gasteiger partial charge >= 0.3 is 5.97 Å². The van der Waals surface area contributed by atoms with E-state index in [1.54, 1.807) is 7.11 Å². The first-order valence-electron chi connectivity index (χ1n) is 13.4. The number of methoxy groups -OCH3 is 1. The molecule has 0 bridgehead atoms. The van der Waals surface area contributed by atoms with Gasteiger partial charge in [0.25, 0.3) is 0 Å². The van der Waals surface area contributed by atoms with E-state index < -0.39 is 14.3 Å². The van der Waals surface area contributed by atoms with Gasteiger partial charge in [0.1, 0.15) is 0 Å². The van der Waals surface area contributed by atoms with Crippen LogP contribution in [0.3, 0.4) is 0 Å². The van der Waals surface area contributed by atoms with E-state index in [0.717, 1.165) is 44.2 Å². The summed E-state index contributed by atoms with van der Waals surface area (Å²) in [5, 5.41) is 8.89. The number of benzene rings is 1. The smallest absolute Gasteiger partial charge is 0.303 e. The Morgan fingerprint density at radius 3 is 2.56 bits per heavy atom. The molecule has 0 unspecified atom stereocenters. The van der Waals surface area contributed by atoms with Crippen LogP contribution in [0.5, 0.6) is 0 Å². The topological polar surface area (TPSA) is 76.1 Å². The number of rotatable bonds is 15. The highest BCUT2D eigenvalue weighted by atomic mass is 28.4. The van der Waals surface area contributed by atoms with Gasteiger partial charge in [-0.15, -0.1) is 0 Å². The zero-order valence-corrected chi connectivity index (χ0v) is 24.2. The second-order valence-corrected chi connectivity index (χ2v) is 16.3. The standard InChI is InChI=1S/C29H47NO5Si/c1-29(2,3)36(5,6)35-26(21-23-12-11-13-24(20-23)22-34-4)17-15-25-16-18-27(31)30(25)19-10-8-7-9-14-28(32)33/h11-13,15,17,20,25-26H,7-10,14,16,18-19,21-22H2,1-6H3,(H,32,33)/t25-,26+/m0/s1. The molecule has 1 aliphatic heterocycles. The third-order valence-electron chi connectivity index (χ3n) is 7.45. The Morgan fingerprint density at radius 2 is 1.89 bits per heavy atom. The molecule has 1 aromatic carbocycles. The van der Waals surface area contributed by atoms with E-state index in [9.17, 15) is 9.59 Å². The molecule has 0 spiro atoms. The maximum atomic E-state index is 12.6. The molecule has 1 fully saturated rings. The number of nitrogens with zero attached hydrogens (tertiary/aromatic N) is 1. The Balaban J connectivity index is 2.09. The molecule has 1 aliphatic rings. The first kappa shape index (κ1) is 30.3. The molecule has 1 saturated heterocycles. The number of unbranched alkanes of at least 4 members (excludes halogenated alkanes) is 3. The lowest BCUT2D eigenvalue weighted by Crippen LogP contribution is -2.44. The number of carbonyl (C=O) groups is 2. The van der Waals surface area contributed by atoms with Crippen LogP contribution in [0.2, 0.25) is 18.1 Å². The van der Waals surface area contributed by atoms with Crippen LogP contribution in [-0.4, -0.2) is 56.0 Å². The van der Waals surface area contributed by atoms with Crippen molar-refractivity contribution in [2.24, 2.45) is 0 Å². The van der Waals surface area contributed by atoms with Gasteiger partial charge in [0.05, 0.1) is 18.8 Å². The van der Waals surface area contributed by atoms with Crippen LogP contribution in [0.4, 0.5) is 0 Å². The fourth-order valence-electron chi connectivity index (χ4n) is 4.36. The first-order valence-corrected chi connectivity index (χ1v) is 16.3. The lowest BCUT2D eigenvalue weighted by atomic mass is 10.0. The van der Waals surface area contributed by atoms with E-state index in [1.807, 2.05) is 4.90 Å². The fourth-order valence-corrected chi connectivity index (χ4v) is 5.63. The van der Waals surface area contributed by atoms with Crippen LogP contribution in [-0.2, 0) is 31.8 Å². The van der Waals surface area contributed by atoms with Crippen LogP contribution in [0.25, 0.3) is 0 Å². The maximum Gasteiger partial charge on any atom is 0.303 e. The number of amides is 1. The Hall–Kier alpha value is -1.96. The summed E-state index contributed by atoms with van der Waals surface area (Å²) in [6.07, 6.45) is 10.2. The number of carboxylic acids is 1. The Bertz CT molecular complexity index is 877. The van der Waals surface area contributed by atoms with Gasteiger partial charge in [-0.3, -0.25) is 9.59 Å². The molecule has 7 heteroatoms. The minimum atomic E-state index is -2.00. The van der Waals surface area contributed by atoms with Crippen molar-refractivity contribution in [3.05, 3.63) is 47.5 Å². The van der Waals surface area contributed by atoms with Crippen molar-refractivity contribution in [2.45, 2.75) is 109 Å². The molecule has 0 radical (unpaired) electrons. The highest BCUT2D eigenvalue weighted by molar-refractivity contribution is 6.74. The van der Waals surface area contributed by atoms with Gasteiger partial charge in [-0.2, -0.15) is 0 Å². The molecule has 0 saturated carbocycles. The number of hydrogen-bond acceptors (Lipinski definition) is 4. The van der Waals surface area contributed by atoms with E-state index in [4.69, 9.17) is 14.3 Å². The molecule has 1 amide bonds.